The van der Waals surface area contributed by atoms with Gasteiger partial charge in [-0.3, -0.25) is 0 Å². The van der Waals surface area contributed by atoms with E-state index in [-0.39, 0.29) is 12.1 Å². The summed E-state index contributed by atoms with van der Waals surface area (Å²) in [7, 11) is -3.46. The molecule has 23 heavy (non-hydrogen) atoms. The maximum absolute atomic E-state index is 12.9. The number of anilines is 1. The number of nitrogens with one attached hydrogen (secondary N) is 2. The van der Waals surface area contributed by atoms with Gasteiger partial charge in [0, 0.05) is 24.3 Å². The molecule has 7 heteroatoms. The largest absolute Gasteiger partial charge is 0.363 e. The maximum Gasteiger partial charge on any atom is 0.243 e. The molecule has 0 saturated carbocycles. The summed E-state index contributed by atoms with van der Waals surface area (Å²) in [6, 6.07) is 6.86. The lowest BCUT2D eigenvalue weighted by atomic mass is 10.0. The molecule has 2 atom stereocenters. The van der Waals surface area contributed by atoms with Crippen molar-refractivity contribution in [2.24, 2.45) is 0 Å². The summed E-state index contributed by atoms with van der Waals surface area (Å²) < 4.78 is 27.5. The summed E-state index contributed by atoms with van der Waals surface area (Å²) in [5.74, 6) is 0. The van der Waals surface area contributed by atoms with Crippen molar-refractivity contribution in [3.8, 4) is 0 Å². The molecule has 1 fully saturated rings. The average Bonchev–Trinajstić information content (AvgIpc) is 2.47. The Morgan fingerprint density at radius 2 is 1.78 bits per heavy atom. The van der Waals surface area contributed by atoms with Crippen molar-refractivity contribution in [2.75, 3.05) is 11.9 Å². The van der Waals surface area contributed by atoms with Crippen molar-refractivity contribution in [1.82, 2.24) is 9.62 Å². The van der Waals surface area contributed by atoms with Crippen LogP contribution in [0.2, 0.25) is 0 Å². The molecular formula is C16H25N3O2S2. The molecule has 2 N–H and O–H groups in total. The number of benzene rings is 1. The van der Waals surface area contributed by atoms with Gasteiger partial charge in [0.15, 0.2) is 5.11 Å². The molecule has 0 spiro atoms. The zero-order valence-corrected chi connectivity index (χ0v) is 15.5. The van der Waals surface area contributed by atoms with Gasteiger partial charge in [-0.1, -0.05) is 6.42 Å². The molecule has 1 saturated heterocycles. The number of hydrogen-bond acceptors (Lipinski definition) is 3. The molecule has 1 aromatic rings. The minimum Gasteiger partial charge on any atom is -0.363 e. The van der Waals surface area contributed by atoms with E-state index in [9.17, 15) is 8.42 Å². The number of nitrogens with zero attached hydrogens (tertiary/aromatic N) is 1. The average molecular weight is 356 g/mol. The van der Waals surface area contributed by atoms with E-state index in [1.807, 2.05) is 20.8 Å². The summed E-state index contributed by atoms with van der Waals surface area (Å²) in [6.45, 7) is 6.67. The van der Waals surface area contributed by atoms with E-state index in [4.69, 9.17) is 12.2 Å². The minimum atomic E-state index is -3.46. The topological polar surface area (TPSA) is 61.4 Å². The van der Waals surface area contributed by atoms with E-state index in [2.05, 4.69) is 10.6 Å². The van der Waals surface area contributed by atoms with Gasteiger partial charge in [-0.05, 0) is 70.1 Å². The molecule has 1 aliphatic rings. The number of thiocarbonyl (C=S) groups is 1. The normalized spacial score (nSPS) is 22.6. The number of rotatable bonds is 4. The molecule has 1 heterocycles. The smallest absolute Gasteiger partial charge is 0.243 e. The van der Waals surface area contributed by atoms with Crippen LogP contribution in [0.25, 0.3) is 0 Å². The molecule has 128 valence electrons. The Labute approximate surface area is 144 Å². The second kappa shape index (κ2) is 7.59. The lowest BCUT2D eigenvalue weighted by Crippen LogP contribution is -2.47. The molecule has 2 rings (SSSR count). The third-order valence-electron chi connectivity index (χ3n) is 4.14. The Bertz CT molecular complexity index is 634. The van der Waals surface area contributed by atoms with Crippen LogP contribution < -0.4 is 10.6 Å². The first-order valence-corrected chi connectivity index (χ1v) is 9.89. The first-order chi connectivity index (χ1) is 10.9. The summed E-state index contributed by atoms with van der Waals surface area (Å²) in [6.07, 6.45) is 2.92. The van der Waals surface area contributed by atoms with Gasteiger partial charge in [-0.2, -0.15) is 4.31 Å². The number of sulfonamides is 1. The molecular weight excluding hydrogens is 330 g/mol. The van der Waals surface area contributed by atoms with Crippen LogP contribution in [-0.4, -0.2) is 36.5 Å². The van der Waals surface area contributed by atoms with E-state index >= 15 is 0 Å². The molecule has 2 unspecified atom stereocenters. The Hall–Kier alpha value is -1.18. The van der Waals surface area contributed by atoms with Gasteiger partial charge in [0.1, 0.15) is 0 Å². The van der Waals surface area contributed by atoms with Crippen molar-refractivity contribution in [1.29, 1.82) is 0 Å². The van der Waals surface area contributed by atoms with Crippen LogP contribution in [0.3, 0.4) is 0 Å². The zero-order chi connectivity index (χ0) is 17.0. The van der Waals surface area contributed by atoms with Crippen molar-refractivity contribution in [2.45, 2.75) is 57.0 Å². The fraction of sp³-hybridized carbons (Fsp3) is 0.562. The highest BCUT2D eigenvalue weighted by Gasteiger charge is 2.35. The Kier molecular flexibility index (Phi) is 6.00. The molecule has 0 bridgehead atoms. The van der Waals surface area contributed by atoms with Crippen LogP contribution in [0.5, 0.6) is 0 Å². The lowest BCUT2D eigenvalue weighted by molar-refractivity contribution is 0.204. The predicted molar refractivity (Wildman–Crippen MR) is 98.1 cm³/mol. The zero-order valence-electron chi connectivity index (χ0n) is 13.9. The quantitative estimate of drug-likeness (QED) is 0.813. The van der Waals surface area contributed by atoms with Gasteiger partial charge in [0.2, 0.25) is 10.0 Å². The van der Waals surface area contributed by atoms with E-state index in [0.717, 1.165) is 31.5 Å². The highest BCUT2D eigenvalue weighted by Crippen LogP contribution is 2.29. The molecule has 0 amide bonds. The SMILES string of the molecule is CCNC(=S)Nc1ccc(S(=O)(=O)N2C(C)CCCC2C)cc1. The first kappa shape index (κ1) is 18.2. The van der Waals surface area contributed by atoms with Gasteiger partial charge in [0.25, 0.3) is 0 Å². The van der Waals surface area contributed by atoms with Gasteiger partial charge < -0.3 is 10.6 Å². The number of piperidine rings is 1. The molecule has 0 radical (unpaired) electrons. The lowest BCUT2D eigenvalue weighted by Gasteiger charge is -2.37. The van der Waals surface area contributed by atoms with Crippen LogP contribution in [0.4, 0.5) is 5.69 Å². The van der Waals surface area contributed by atoms with E-state index in [0.29, 0.717) is 10.0 Å². The monoisotopic (exact) mass is 355 g/mol. The van der Waals surface area contributed by atoms with Gasteiger partial charge in [-0.25, -0.2) is 8.42 Å². The molecule has 1 aliphatic heterocycles. The van der Waals surface area contributed by atoms with Crippen molar-refractivity contribution in [3.05, 3.63) is 24.3 Å². The van der Waals surface area contributed by atoms with Crippen molar-refractivity contribution >= 4 is 33.0 Å². The van der Waals surface area contributed by atoms with Crippen LogP contribution >= 0.6 is 12.2 Å². The summed E-state index contributed by atoms with van der Waals surface area (Å²) in [5.41, 5.74) is 0.773. The molecule has 0 aliphatic carbocycles. The third-order valence-corrected chi connectivity index (χ3v) is 6.53. The van der Waals surface area contributed by atoms with Gasteiger partial charge >= 0.3 is 0 Å². The van der Waals surface area contributed by atoms with E-state index in [1.54, 1.807) is 28.6 Å². The molecule has 1 aromatic carbocycles. The summed E-state index contributed by atoms with van der Waals surface area (Å²) >= 11 is 5.13. The third kappa shape index (κ3) is 4.22. The predicted octanol–water partition coefficient (Wildman–Crippen LogP) is 2.94. The Balaban J connectivity index is 2.18. The summed E-state index contributed by atoms with van der Waals surface area (Å²) in [5, 5.41) is 6.56. The first-order valence-electron chi connectivity index (χ1n) is 8.04. The second-order valence-electron chi connectivity index (χ2n) is 5.97. The minimum absolute atomic E-state index is 0.0443. The second-order valence-corrected chi connectivity index (χ2v) is 8.22. The maximum atomic E-state index is 12.9. The van der Waals surface area contributed by atoms with Crippen LogP contribution in [0.15, 0.2) is 29.2 Å². The Morgan fingerprint density at radius 3 is 2.30 bits per heavy atom. The molecule has 5 nitrogen and oxygen atoms in total. The van der Waals surface area contributed by atoms with Crippen LogP contribution in [0.1, 0.15) is 40.0 Å². The molecule has 0 aromatic heterocycles. The van der Waals surface area contributed by atoms with Crippen molar-refractivity contribution < 1.29 is 8.42 Å². The van der Waals surface area contributed by atoms with Crippen LogP contribution in [-0.2, 0) is 10.0 Å². The van der Waals surface area contributed by atoms with Crippen LogP contribution in [0, 0.1) is 0 Å². The highest BCUT2D eigenvalue weighted by atomic mass is 32.2. The fourth-order valence-corrected chi connectivity index (χ4v) is 5.18. The Morgan fingerprint density at radius 1 is 1.22 bits per heavy atom. The highest BCUT2D eigenvalue weighted by molar-refractivity contribution is 7.89. The van der Waals surface area contributed by atoms with Gasteiger partial charge in [0.05, 0.1) is 4.90 Å². The number of hydrogen-bond donors (Lipinski definition) is 2. The van der Waals surface area contributed by atoms with Crippen molar-refractivity contribution in [3.63, 3.8) is 0 Å². The fourth-order valence-electron chi connectivity index (χ4n) is 3.04. The van der Waals surface area contributed by atoms with E-state index < -0.39 is 10.0 Å². The van der Waals surface area contributed by atoms with E-state index in [1.165, 1.54) is 0 Å². The van der Waals surface area contributed by atoms with Gasteiger partial charge in [-0.15, -0.1) is 0 Å². The standard InChI is InChI=1S/C16H25N3O2S2/c1-4-17-16(22)18-14-8-10-15(11-9-14)23(20,21)19-12(2)6-5-7-13(19)3/h8-13H,4-7H2,1-3H3,(H2,17,18,22). The summed E-state index contributed by atoms with van der Waals surface area (Å²) in [4.78, 5) is 0.331.